The number of aliphatic hydroxyl groups excluding tert-OH is 1. The number of aromatic nitrogens is 2. The minimum Gasteiger partial charge on any atom is -0.484 e. The largest absolute Gasteiger partial charge is 0.484 e. The average Bonchev–Trinajstić information content (AvgIpc) is 3.10. The molecule has 1 aliphatic carbocycles. The van der Waals surface area contributed by atoms with Crippen molar-refractivity contribution < 1.29 is 18.7 Å². The molecule has 1 aromatic heterocycles. The molecule has 0 fully saturated rings. The molecule has 3 unspecified atom stereocenters. The molecule has 0 bridgehead atoms. The monoisotopic (exact) mass is 374 g/mol. The van der Waals surface area contributed by atoms with E-state index in [-0.39, 0.29) is 24.9 Å². The molecule has 3 rings (SSSR count). The summed E-state index contributed by atoms with van der Waals surface area (Å²) < 4.78 is 24.2. The Morgan fingerprint density at radius 1 is 1.22 bits per heavy atom. The lowest BCUT2D eigenvalue weighted by atomic mass is 9.70. The number of hydrogen-bond donors (Lipinski definition) is 1. The van der Waals surface area contributed by atoms with E-state index in [0.717, 1.165) is 6.42 Å². The third kappa shape index (κ3) is 4.95. The molecule has 2 aromatic rings. The van der Waals surface area contributed by atoms with E-state index in [1.165, 1.54) is 17.7 Å². The van der Waals surface area contributed by atoms with Crippen molar-refractivity contribution in [2.24, 2.45) is 23.7 Å². The smallest absolute Gasteiger partial charge is 0.253 e. The maximum Gasteiger partial charge on any atom is 0.253 e. The van der Waals surface area contributed by atoms with Crippen LogP contribution in [0.1, 0.15) is 39.0 Å². The Hall–Kier alpha value is -2.21. The Bertz CT molecular complexity index is 770. The van der Waals surface area contributed by atoms with E-state index in [0.29, 0.717) is 41.7 Å². The van der Waals surface area contributed by atoms with Crippen molar-refractivity contribution in [2.45, 2.75) is 40.2 Å². The number of allylic oxidation sites excluding steroid dienone is 1. The Balaban J connectivity index is 1.60. The summed E-state index contributed by atoms with van der Waals surface area (Å²) in [5.74, 6) is 2.77. The number of nitrogens with zero attached hydrogens (tertiary/aromatic N) is 2. The molecular weight excluding hydrogens is 347 g/mol. The van der Waals surface area contributed by atoms with Crippen molar-refractivity contribution >= 4 is 0 Å². The van der Waals surface area contributed by atoms with Crippen LogP contribution in [0.25, 0.3) is 0 Å². The first-order valence-corrected chi connectivity index (χ1v) is 9.45. The van der Waals surface area contributed by atoms with Gasteiger partial charge in [0.05, 0.1) is 0 Å². The molecule has 1 N–H and O–H groups in total. The van der Waals surface area contributed by atoms with Gasteiger partial charge in [0.25, 0.3) is 5.89 Å². The Morgan fingerprint density at radius 3 is 2.59 bits per heavy atom. The number of ether oxygens (including phenoxy) is 1. The molecule has 1 aromatic carbocycles. The molecule has 146 valence electrons. The van der Waals surface area contributed by atoms with E-state index in [2.05, 4.69) is 37.0 Å². The van der Waals surface area contributed by atoms with Gasteiger partial charge >= 0.3 is 0 Å². The van der Waals surface area contributed by atoms with E-state index in [9.17, 15) is 9.50 Å². The Morgan fingerprint density at radius 2 is 1.93 bits per heavy atom. The lowest BCUT2D eigenvalue weighted by Gasteiger charge is -2.36. The number of benzene rings is 1. The summed E-state index contributed by atoms with van der Waals surface area (Å²) in [5.41, 5.74) is 1.27. The summed E-state index contributed by atoms with van der Waals surface area (Å²) in [6, 6.07) is 5.81. The molecular formula is C21H27FN2O3. The van der Waals surface area contributed by atoms with Gasteiger partial charge in [-0.25, -0.2) is 4.39 Å². The maximum atomic E-state index is 12.9. The van der Waals surface area contributed by atoms with Gasteiger partial charge in [0.1, 0.15) is 11.6 Å². The number of halogens is 1. The van der Waals surface area contributed by atoms with Crippen LogP contribution in [0.2, 0.25) is 0 Å². The van der Waals surface area contributed by atoms with Crippen LogP contribution in [0.5, 0.6) is 5.75 Å². The maximum absolute atomic E-state index is 12.9. The van der Waals surface area contributed by atoms with Crippen LogP contribution in [-0.4, -0.2) is 21.9 Å². The van der Waals surface area contributed by atoms with Crippen LogP contribution < -0.4 is 4.74 Å². The molecule has 5 nitrogen and oxygen atoms in total. The zero-order chi connectivity index (χ0) is 19.4. The second kappa shape index (κ2) is 8.65. The lowest BCUT2D eigenvalue weighted by molar-refractivity contribution is 0.146. The molecule has 0 spiro atoms. The Kier molecular flexibility index (Phi) is 6.26. The fourth-order valence-corrected chi connectivity index (χ4v) is 3.80. The van der Waals surface area contributed by atoms with Gasteiger partial charge in [-0.15, -0.1) is 10.2 Å². The molecule has 1 heterocycles. The fourth-order valence-electron chi connectivity index (χ4n) is 3.80. The number of rotatable bonds is 7. The average molecular weight is 374 g/mol. The van der Waals surface area contributed by atoms with Gasteiger partial charge in [-0.3, -0.25) is 0 Å². The third-order valence-corrected chi connectivity index (χ3v) is 5.40. The molecule has 1 aliphatic rings. The van der Waals surface area contributed by atoms with Crippen molar-refractivity contribution in [2.75, 3.05) is 6.61 Å². The highest BCUT2D eigenvalue weighted by Gasteiger charge is 2.32. The third-order valence-electron chi connectivity index (χ3n) is 5.40. The van der Waals surface area contributed by atoms with Crippen molar-refractivity contribution in [1.29, 1.82) is 0 Å². The standard InChI is InChI=1S/C21H27FN2O3/c1-13(2)19-9-15(14(3)8-16(19)11-25)10-20-23-24-21(27-20)12-26-18-6-4-17(22)5-7-18/h4-8,13,15-16,19,25H,9-12H2,1-3H3. The summed E-state index contributed by atoms with van der Waals surface area (Å²) in [5, 5.41) is 17.9. The van der Waals surface area contributed by atoms with E-state index < -0.39 is 0 Å². The minimum atomic E-state index is -0.304. The predicted octanol–water partition coefficient (Wildman–Crippen LogP) is 4.18. The van der Waals surface area contributed by atoms with Crippen molar-refractivity contribution in [3.8, 4) is 5.75 Å². The highest BCUT2D eigenvalue weighted by molar-refractivity contribution is 5.22. The minimum absolute atomic E-state index is 0.152. The van der Waals surface area contributed by atoms with Crippen LogP contribution in [0, 0.1) is 29.5 Å². The first-order valence-electron chi connectivity index (χ1n) is 9.45. The molecule has 0 amide bonds. The summed E-state index contributed by atoms with van der Waals surface area (Å²) >= 11 is 0. The highest BCUT2D eigenvalue weighted by atomic mass is 19.1. The summed E-state index contributed by atoms with van der Waals surface area (Å²) in [6.07, 6.45) is 3.90. The van der Waals surface area contributed by atoms with Gasteiger partial charge in [0, 0.05) is 18.9 Å². The van der Waals surface area contributed by atoms with Crippen LogP contribution in [0.15, 0.2) is 40.3 Å². The predicted molar refractivity (Wildman–Crippen MR) is 99.5 cm³/mol. The topological polar surface area (TPSA) is 68.4 Å². The van der Waals surface area contributed by atoms with Crippen molar-refractivity contribution in [3.63, 3.8) is 0 Å². The van der Waals surface area contributed by atoms with Gasteiger partial charge in [-0.1, -0.05) is 25.5 Å². The quantitative estimate of drug-likeness (QED) is 0.737. The second-order valence-electron chi connectivity index (χ2n) is 7.63. The zero-order valence-electron chi connectivity index (χ0n) is 16.1. The summed E-state index contributed by atoms with van der Waals surface area (Å²) in [4.78, 5) is 0. The number of hydrogen-bond acceptors (Lipinski definition) is 5. The second-order valence-corrected chi connectivity index (χ2v) is 7.63. The van der Waals surface area contributed by atoms with Gasteiger partial charge < -0.3 is 14.3 Å². The van der Waals surface area contributed by atoms with Crippen LogP contribution in [0.3, 0.4) is 0 Å². The molecule has 0 saturated carbocycles. The van der Waals surface area contributed by atoms with Gasteiger partial charge in [-0.05, 0) is 55.4 Å². The first-order chi connectivity index (χ1) is 13.0. The number of aliphatic hydroxyl groups is 1. The molecule has 0 aliphatic heterocycles. The van der Waals surface area contributed by atoms with E-state index >= 15 is 0 Å². The van der Waals surface area contributed by atoms with E-state index in [1.54, 1.807) is 12.1 Å². The highest BCUT2D eigenvalue weighted by Crippen LogP contribution is 2.38. The molecule has 0 saturated heterocycles. The SMILES string of the molecule is CC1=CC(CO)C(C(C)C)CC1Cc1nnc(COc2ccc(F)cc2)o1. The van der Waals surface area contributed by atoms with Gasteiger partial charge in [-0.2, -0.15) is 0 Å². The fraction of sp³-hybridized carbons (Fsp3) is 0.524. The normalized spacial score (nSPS) is 22.7. The molecule has 6 heteroatoms. The Labute approximate surface area is 159 Å². The molecule has 3 atom stereocenters. The van der Waals surface area contributed by atoms with E-state index in [1.807, 2.05) is 0 Å². The summed E-state index contributed by atoms with van der Waals surface area (Å²) in [6.45, 7) is 6.86. The first kappa shape index (κ1) is 19.5. The van der Waals surface area contributed by atoms with Gasteiger partial charge in [0.15, 0.2) is 6.61 Å². The lowest BCUT2D eigenvalue weighted by Crippen LogP contribution is -2.30. The van der Waals surface area contributed by atoms with Gasteiger partial charge in [0.2, 0.25) is 5.89 Å². The van der Waals surface area contributed by atoms with Crippen LogP contribution in [0.4, 0.5) is 4.39 Å². The van der Waals surface area contributed by atoms with Crippen molar-refractivity contribution in [1.82, 2.24) is 10.2 Å². The van der Waals surface area contributed by atoms with Crippen molar-refractivity contribution in [3.05, 3.63) is 53.5 Å². The van der Waals surface area contributed by atoms with Crippen LogP contribution in [-0.2, 0) is 13.0 Å². The molecule has 0 radical (unpaired) electrons. The van der Waals surface area contributed by atoms with Crippen LogP contribution >= 0.6 is 0 Å². The zero-order valence-corrected chi connectivity index (χ0v) is 16.1. The summed E-state index contributed by atoms with van der Waals surface area (Å²) in [7, 11) is 0. The van der Waals surface area contributed by atoms with E-state index in [4.69, 9.17) is 9.15 Å². The molecule has 27 heavy (non-hydrogen) atoms.